The Kier molecular flexibility index (Phi) is 2.18. The van der Waals surface area contributed by atoms with E-state index in [9.17, 15) is 4.79 Å². The molecule has 3 nitrogen and oxygen atoms in total. The number of rotatable bonds is 2. The second-order valence-corrected chi connectivity index (χ2v) is 3.49. The molecule has 0 aromatic rings. The van der Waals surface area contributed by atoms with E-state index in [1.54, 1.807) is 6.92 Å². The van der Waals surface area contributed by atoms with E-state index in [2.05, 4.69) is 13.8 Å². The number of cyclic esters (lactones) is 1. The number of carbonyl (C=O) groups excluding carboxylic acids is 1. The van der Waals surface area contributed by atoms with Gasteiger partial charge in [0.05, 0.1) is 0 Å². The maximum absolute atomic E-state index is 10.7. The van der Waals surface area contributed by atoms with Crippen LogP contribution in [0.5, 0.6) is 0 Å². The first-order chi connectivity index (χ1) is 5.02. The Labute approximate surface area is 66.7 Å². The lowest BCUT2D eigenvalue weighted by atomic mass is 10.0. The average Bonchev–Trinajstić information content (AvgIpc) is 2.08. The van der Waals surface area contributed by atoms with Crippen molar-refractivity contribution >= 4 is 5.97 Å². The monoisotopic (exact) mass is 158 g/mol. The summed E-state index contributed by atoms with van der Waals surface area (Å²) < 4.78 is 10.2. The molecule has 0 aromatic carbocycles. The second-order valence-electron chi connectivity index (χ2n) is 3.49. The minimum Gasteiger partial charge on any atom is -0.432 e. The zero-order valence-corrected chi connectivity index (χ0v) is 7.22. The quantitative estimate of drug-likeness (QED) is 0.568. The van der Waals surface area contributed by atoms with Crippen LogP contribution >= 0.6 is 0 Å². The molecule has 1 unspecified atom stereocenters. The van der Waals surface area contributed by atoms with Crippen LogP contribution in [-0.4, -0.2) is 18.4 Å². The van der Waals surface area contributed by atoms with Crippen LogP contribution in [0.25, 0.3) is 0 Å². The summed E-state index contributed by atoms with van der Waals surface area (Å²) in [6, 6.07) is 0. The van der Waals surface area contributed by atoms with Gasteiger partial charge < -0.3 is 9.47 Å². The van der Waals surface area contributed by atoms with Gasteiger partial charge in [-0.15, -0.1) is 0 Å². The van der Waals surface area contributed by atoms with Crippen molar-refractivity contribution in [1.82, 2.24) is 0 Å². The van der Waals surface area contributed by atoms with Crippen LogP contribution in [0.15, 0.2) is 0 Å². The summed E-state index contributed by atoms with van der Waals surface area (Å²) in [6.07, 6.45) is 0.763. The first kappa shape index (κ1) is 8.53. The SMILES string of the molecule is CC(C)CC1(C)OCC(=O)O1. The molecular weight excluding hydrogens is 144 g/mol. The summed E-state index contributed by atoms with van der Waals surface area (Å²) in [5, 5.41) is 0. The lowest BCUT2D eigenvalue weighted by Crippen LogP contribution is -2.27. The molecule has 0 N–H and O–H groups in total. The number of esters is 1. The van der Waals surface area contributed by atoms with Gasteiger partial charge in [0.2, 0.25) is 5.79 Å². The highest BCUT2D eigenvalue weighted by atomic mass is 16.8. The molecule has 0 saturated carbocycles. The molecule has 0 amide bonds. The third-order valence-corrected chi connectivity index (χ3v) is 1.60. The normalized spacial score (nSPS) is 31.1. The molecule has 11 heavy (non-hydrogen) atoms. The summed E-state index contributed by atoms with van der Waals surface area (Å²) in [5.41, 5.74) is 0. The van der Waals surface area contributed by atoms with Gasteiger partial charge in [0, 0.05) is 13.3 Å². The zero-order chi connectivity index (χ0) is 8.48. The van der Waals surface area contributed by atoms with E-state index in [1.165, 1.54) is 0 Å². The standard InChI is InChI=1S/C8H14O3/c1-6(2)4-8(3)10-5-7(9)11-8/h6H,4-5H2,1-3H3. The van der Waals surface area contributed by atoms with Crippen molar-refractivity contribution in [1.29, 1.82) is 0 Å². The van der Waals surface area contributed by atoms with Gasteiger partial charge in [-0.1, -0.05) is 13.8 Å². The van der Waals surface area contributed by atoms with Crippen molar-refractivity contribution in [2.24, 2.45) is 5.92 Å². The van der Waals surface area contributed by atoms with Crippen LogP contribution in [0.1, 0.15) is 27.2 Å². The molecule has 1 rings (SSSR count). The van der Waals surface area contributed by atoms with E-state index in [1.807, 2.05) is 0 Å². The predicted octanol–water partition coefficient (Wildman–Crippen LogP) is 1.32. The lowest BCUT2D eigenvalue weighted by molar-refractivity contribution is -0.171. The van der Waals surface area contributed by atoms with Gasteiger partial charge in [0.15, 0.2) is 0 Å². The van der Waals surface area contributed by atoms with Gasteiger partial charge in [-0.3, -0.25) is 0 Å². The minimum atomic E-state index is -0.661. The van der Waals surface area contributed by atoms with Crippen LogP contribution in [0.3, 0.4) is 0 Å². The average molecular weight is 158 g/mol. The Bertz CT molecular complexity index is 165. The van der Waals surface area contributed by atoms with Crippen LogP contribution in [-0.2, 0) is 14.3 Å². The van der Waals surface area contributed by atoms with Crippen molar-refractivity contribution < 1.29 is 14.3 Å². The summed E-state index contributed by atoms with van der Waals surface area (Å²) in [4.78, 5) is 10.7. The van der Waals surface area contributed by atoms with Crippen LogP contribution in [0, 0.1) is 5.92 Å². The van der Waals surface area contributed by atoms with E-state index in [0.29, 0.717) is 5.92 Å². The van der Waals surface area contributed by atoms with Crippen molar-refractivity contribution in [3.05, 3.63) is 0 Å². The van der Waals surface area contributed by atoms with E-state index >= 15 is 0 Å². The fourth-order valence-corrected chi connectivity index (χ4v) is 1.35. The molecule has 1 saturated heterocycles. The van der Waals surface area contributed by atoms with Gasteiger partial charge in [0.1, 0.15) is 6.61 Å². The molecule has 1 atom stereocenters. The molecule has 0 bridgehead atoms. The minimum absolute atomic E-state index is 0.100. The van der Waals surface area contributed by atoms with Crippen molar-refractivity contribution in [3.63, 3.8) is 0 Å². The highest BCUT2D eigenvalue weighted by molar-refractivity contribution is 5.72. The van der Waals surface area contributed by atoms with Crippen molar-refractivity contribution in [3.8, 4) is 0 Å². The van der Waals surface area contributed by atoms with Gasteiger partial charge in [-0.2, -0.15) is 0 Å². The Hall–Kier alpha value is -0.570. The first-order valence-electron chi connectivity index (χ1n) is 3.88. The van der Waals surface area contributed by atoms with Gasteiger partial charge in [-0.05, 0) is 5.92 Å². The first-order valence-corrected chi connectivity index (χ1v) is 3.88. The summed E-state index contributed by atoms with van der Waals surface area (Å²) >= 11 is 0. The smallest absolute Gasteiger partial charge is 0.334 e. The molecule has 1 heterocycles. The van der Waals surface area contributed by atoms with E-state index in [4.69, 9.17) is 9.47 Å². The van der Waals surface area contributed by atoms with Crippen molar-refractivity contribution in [2.75, 3.05) is 6.61 Å². The summed E-state index contributed by atoms with van der Waals surface area (Å²) in [5.74, 6) is -0.440. The molecule has 0 aromatic heterocycles. The predicted molar refractivity (Wildman–Crippen MR) is 39.9 cm³/mol. The van der Waals surface area contributed by atoms with Crippen LogP contribution < -0.4 is 0 Å². The van der Waals surface area contributed by atoms with Gasteiger partial charge >= 0.3 is 5.97 Å². The Morgan fingerprint density at radius 3 is 2.64 bits per heavy atom. The molecular formula is C8H14O3. The Balaban J connectivity index is 2.48. The molecule has 0 radical (unpaired) electrons. The maximum Gasteiger partial charge on any atom is 0.334 e. The van der Waals surface area contributed by atoms with E-state index in [0.717, 1.165) is 6.42 Å². The molecule has 1 fully saturated rings. The number of hydrogen-bond acceptors (Lipinski definition) is 3. The fraction of sp³-hybridized carbons (Fsp3) is 0.875. The third kappa shape index (κ3) is 2.19. The highest BCUT2D eigenvalue weighted by Gasteiger charge is 2.37. The van der Waals surface area contributed by atoms with E-state index < -0.39 is 5.79 Å². The molecule has 1 aliphatic rings. The largest absolute Gasteiger partial charge is 0.432 e. The van der Waals surface area contributed by atoms with Gasteiger partial charge in [0.25, 0.3) is 0 Å². The zero-order valence-electron chi connectivity index (χ0n) is 7.22. The molecule has 1 aliphatic heterocycles. The second kappa shape index (κ2) is 2.81. The van der Waals surface area contributed by atoms with E-state index in [-0.39, 0.29) is 12.6 Å². The number of hydrogen-bond donors (Lipinski definition) is 0. The molecule has 64 valence electrons. The topological polar surface area (TPSA) is 35.5 Å². The Morgan fingerprint density at radius 1 is 1.64 bits per heavy atom. The van der Waals surface area contributed by atoms with Crippen LogP contribution in [0.2, 0.25) is 0 Å². The van der Waals surface area contributed by atoms with Gasteiger partial charge in [-0.25, -0.2) is 4.79 Å². The summed E-state index contributed by atoms with van der Waals surface area (Å²) in [6.45, 7) is 6.04. The lowest BCUT2D eigenvalue weighted by Gasteiger charge is -2.22. The maximum atomic E-state index is 10.7. The Morgan fingerprint density at radius 2 is 2.27 bits per heavy atom. The fourth-order valence-electron chi connectivity index (χ4n) is 1.35. The number of ether oxygens (including phenoxy) is 2. The molecule has 3 heteroatoms. The third-order valence-electron chi connectivity index (χ3n) is 1.60. The molecule has 0 aliphatic carbocycles. The summed E-state index contributed by atoms with van der Waals surface area (Å²) in [7, 11) is 0. The van der Waals surface area contributed by atoms with Crippen molar-refractivity contribution in [2.45, 2.75) is 33.0 Å². The molecule has 0 spiro atoms. The number of carbonyl (C=O) groups is 1. The van der Waals surface area contributed by atoms with Crippen LogP contribution in [0.4, 0.5) is 0 Å². The highest BCUT2D eigenvalue weighted by Crippen LogP contribution is 2.26.